The van der Waals surface area contributed by atoms with Gasteiger partial charge in [-0.05, 0) is 12.1 Å². The van der Waals surface area contributed by atoms with Crippen LogP contribution in [-0.4, -0.2) is 60.4 Å². The predicted molar refractivity (Wildman–Crippen MR) is 88.7 cm³/mol. The molecule has 0 saturated carbocycles. The lowest BCUT2D eigenvalue weighted by Gasteiger charge is -2.35. The molecule has 0 radical (unpaired) electrons. The zero-order chi connectivity index (χ0) is 16.1. The fourth-order valence-corrected chi connectivity index (χ4v) is 3.29. The highest BCUT2D eigenvalue weighted by Crippen LogP contribution is 2.19. The fourth-order valence-electron chi connectivity index (χ4n) is 2.59. The van der Waals surface area contributed by atoms with Gasteiger partial charge in [-0.25, -0.2) is 9.37 Å². The Morgan fingerprint density at radius 2 is 2.04 bits per heavy atom. The molecule has 2 heterocycles. The van der Waals surface area contributed by atoms with E-state index in [1.807, 2.05) is 11.6 Å². The van der Waals surface area contributed by atoms with Gasteiger partial charge in [0.1, 0.15) is 12.7 Å². The third-order valence-corrected chi connectivity index (χ3v) is 4.63. The molecule has 0 amide bonds. The first-order valence-electron chi connectivity index (χ1n) is 7.64. The van der Waals surface area contributed by atoms with Crippen molar-refractivity contribution in [2.24, 2.45) is 0 Å². The lowest BCUT2D eigenvalue weighted by molar-refractivity contribution is 0.0649. The van der Waals surface area contributed by atoms with Gasteiger partial charge in [-0.1, -0.05) is 12.1 Å². The quantitative estimate of drug-likeness (QED) is 0.872. The van der Waals surface area contributed by atoms with E-state index in [-0.39, 0.29) is 12.4 Å². The molecule has 1 aromatic heterocycles. The molecule has 3 rings (SSSR count). The zero-order valence-electron chi connectivity index (χ0n) is 12.8. The van der Waals surface area contributed by atoms with Crippen molar-refractivity contribution in [1.82, 2.24) is 9.88 Å². The standard InChI is InChI=1S/C16H20FN3O2S/c17-14-3-1-2-4-15(14)22-12-13(21)11-19-6-8-20(9-7-19)16-18-5-10-23-16/h1-5,10,13,21H,6-9,11-12H2/t13-/m0/s1. The average Bonchev–Trinajstić information content (AvgIpc) is 3.09. The van der Waals surface area contributed by atoms with Crippen molar-refractivity contribution >= 4 is 16.5 Å². The lowest BCUT2D eigenvalue weighted by atomic mass is 10.2. The highest BCUT2D eigenvalue weighted by atomic mass is 32.1. The molecule has 23 heavy (non-hydrogen) atoms. The third-order valence-electron chi connectivity index (χ3n) is 3.80. The molecular formula is C16H20FN3O2S. The number of piperazine rings is 1. The van der Waals surface area contributed by atoms with Crippen LogP contribution in [0, 0.1) is 5.82 Å². The number of aromatic nitrogens is 1. The molecule has 0 unspecified atom stereocenters. The topological polar surface area (TPSA) is 48.8 Å². The molecule has 1 aromatic carbocycles. The van der Waals surface area contributed by atoms with E-state index in [0.29, 0.717) is 6.54 Å². The second-order valence-electron chi connectivity index (χ2n) is 5.50. The van der Waals surface area contributed by atoms with Gasteiger partial charge < -0.3 is 14.7 Å². The largest absolute Gasteiger partial charge is 0.488 e. The number of thiazole rings is 1. The summed E-state index contributed by atoms with van der Waals surface area (Å²) in [7, 11) is 0. The van der Waals surface area contributed by atoms with E-state index in [9.17, 15) is 9.50 Å². The normalized spacial score (nSPS) is 17.2. The highest BCUT2D eigenvalue weighted by Gasteiger charge is 2.21. The predicted octanol–water partition coefficient (Wildman–Crippen LogP) is 1.84. The van der Waals surface area contributed by atoms with E-state index < -0.39 is 11.9 Å². The number of hydrogen-bond acceptors (Lipinski definition) is 6. The number of aliphatic hydroxyl groups excluding tert-OH is 1. The maximum absolute atomic E-state index is 13.4. The Labute approximate surface area is 138 Å². The summed E-state index contributed by atoms with van der Waals surface area (Å²) in [6.45, 7) is 4.16. The van der Waals surface area contributed by atoms with E-state index in [1.54, 1.807) is 29.5 Å². The summed E-state index contributed by atoms with van der Waals surface area (Å²) in [5, 5.41) is 13.1. The molecule has 1 atom stereocenters. The van der Waals surface area contributed by atoms with Crippen molar-refractivity contribution in [3.63, 3.8) is 0 Å². The number of aliphatic hydroxyl groups is 1. The summed E-state index contributed by atoms with van der Waals surface area (Å²) in [6, 6.07) is 6.23. The molecule has 124 valence electrons. The van der Waals surface area contributed by atoms with E-state index in [4.69, 9.17) is 4.74 Å². The summed E-state index contributed by atoms with van der Waals surface area (Å²) >= 11 is 1.64. The maximum Gasteiger partial charge on any atom is 0.185 e. The lowest BCUT2D eigenvalue weighted by Crippen LogP contribution is -2.49. The number of β-amino-alcohol motifs (C(OH)–C–C–N with tert-alkyl or cyclic N) is 1. The van der Waals surface area contributed by atoms with Crippen molar-refractivity contribution in [3.8, 4) is 5.75 Å². The van der Waals surface area contributed by atoms with E-state index in [0.717, 1.165) is 31.3 Å². The first-order chi connectivity index (χ1) is 11.2. The summed E-state index contributed by atoms with van der Waals surface area (Å²) in [5.74, 6) is -0.225. The maximum atomic E-state index is 13.4. The minimum absolute atomic E-state index is 0.0909. The molecule has 1 aliphatic rings. The Balaban J connectivity index is 1.41. The van der Waals surface area contributed by atoms with Gasteiger partial charge in [-0.15, -0.1) is 11.3 Å². The number of rotatable bonds is 6. The zero-order valence-corrected chi connectivity index (χ0v) is 13.6. The summed E-state index contributed by atoms with van der Waals surface area (Å²) in [4.78, 5) is 8.77. The van der Waals surface area contributed by atoms with Crippen molar-refractivity contribution in [2.45, 2.75) is 6.10 Å². The minimum atomic E-state index is -0.638. The Kier molecular flexibility index (Phi) is 5.43. The fraction of sp³-hybridized carbons (Fsp3) is 0.438. The Morgan fingerprint density at radius 1 is 1.26 bits per heavy atom. The first kappa shape index (κ1) is 16.2. The van der Waals surface area contributed by atoms with E-state index in [2.05, 4.69) is 14.8 Å². The van der Waals surface area contributed by atoms with Gasteiger partial charge in [0, 0.05) is 44.3 Å². The molecule has 7 heteroatoms. The number of benzene rings is 1. The van der Waals surface area contributed by atoms with Gasteiger partial charge in [0.05, 0.1) is 0 Å². The number of hydrogen-bond donors (Lipinski definition) is 1. The monoisotopic (exact) mass is 337 g/mol. The summed E-state index contributed by atoms with van der Waals surface area (Å²) in [6.07, 6.45) is 1.18. The van der Waals surface area contributed by atoms with Crippen LogP contribution in [0.1, 0.15) is 0 Å². The molecule has 1 fully saturated rings. The van der Waals surface area contributed by atoms with Gasteiger partial charge in [-0.3, -0.25) is 4.90 Å². The van der Waals surface area contributed by atoms with Gasteiger partial charge >= 0.3 is 0 Å². The van der Waals surface area contributed by atoms with Crippen LogP contribution in [0.2, 0.25) is 0 Å². The van der Waals surface area contributed by atoms with Crippen molar-refractivity contribution in [1.29, 1.82) is 0 Å². The van der Waals surface area contributed by atoms with Crippen molar-refractivity contribution in [3.05, 3.63) is 41.7 Å². The molecule has 2 aromatic rings. The van der Waals surface area contributed by atoms with Crippen LogP contribution >= 0.6 is 11.3 Å². The smallest absolute Gasteiger partial charge is 0.185 e. The second kappa shape index (κ2) is 7.72. The van der Waals surface area contributed by atoms with Crippen LogP contribution in [0.15, 0.2) is 35.8 Å². The Morgan fingerprint density at radius 3 is 2.74 bits per heavy atom. The van der Waals surface area contributed by atoms with Crippen LogP contribution in [0.25, 0.3) is 0 Å². The Bertz CT molecular complexity index is 603. The Hall–Kier alpha value is -1.70. The van der Waals surface area contributed by atoms with E-state index in [1.165, 1.54) is 6.07 Å². The molecule has 5 nitrogen and oxygen atoms in total. The van der Waals surface area contributed by atoms with Gasteiger partial charge in [-0.2, -0.15) is 0 Å². The first-order valence-corrected chi connectivity index (χ1v) is 8.52. The number of anilines is 1. The molecule has 1 N–H and O–H groups in total. The molecule has 1 aliphatic heterocycles. The number of para-hydroxylation sites is 1. The molecule has 1 saturated heterocycles. The highest BCUT2D eigenvalue weighted by molar-refractivity contribution is 7.13. The molecule has 0 spiro atoms. The van der Waals surface area contributed by atoms with Crippen LogP contribution in [0.4, 0.5) is 9.52 Å². The van der Waals surface area contributed by atoms with Crippen LogP contribution in [0.3, 0.4) is 0 Å². The number of halogens is 1. The third kappa shape index (κ3) is 4.40. The number of nitrogens with zero attached hydrogens (tertiary/aromatic N) is 3. The molecule has 0 aliphatic carbocycles. The van der Waals surface area contributed by atoms with Gasteiger partial charge in [0.15, 0.2) is 16.7 Å². The van der Waals surface area contributed by atoms with Crippen LogP contribution < -0.4 is 9.64 Å². The second-order valence-corrected chi connectivity index (χ2v) is 6.37. The van der Waals surface area contributed by atoms with Crippen molar-refractivity contribution < 1.29 is 14.2 Å². The van der Waals surface area contributed by atoms with Gasteiger partial charge in [0.25, 0.3) is 0 Å². The summed E-state index contributed by atoms with van der Waals surface area (Å²) < 4.78 is 18.8. The average molecular weight is 337 g/mol. The van der Waals surface area contributed by atoms with Crippen LogP contribution in [-0.2, 0) is 0 Å². The SMILES string of the molecule is O[C@H](COc1ccccc1F)CN1CCN(c2nccs2)CC1. The summed E-state index contributed by atoms with van der Waals surface area (Å²) in [5.41, 5.74) is 0. The van der Waals surface area contributed by atoms with Gasteiger partial charge in [0.2, 0.25) is 0 Å². The number of ether oxygens (including phenoxy) is 1. The minimum Gasteiger partial charge on any atom is -0.488 e. The van der Waals surface area contributed by atoms with E-state index >= 15 is 0 Å². The van der Waals surface area contributed by atoms with Crippen LogP contribution in [0.5, 0.6) is 5.75 Å². The molecular weight excluding hydrogens is 317 g/mol. The molecule has 0 bridgehead atoms. The van der Waals surface area contributed by atoms with Crippen molar-refractivity contribution in [2.75, 3.05) is 44.2 Å².